The van der Waals surface area contributed by atoms with E-state index in [1.807, 2.05) is 0 Å². The predicted molar refractivity (Wildman–Crippen MR) is 63.9 cm³/mol. The monoisotopic (exact) mass is 255 g/mol. The molecule has 0 aliphatic carbocycles. The maximum Gasteiger partial charge on any atom is 0.251 e. The molecule has 3 N–H and O–H groups in total. The van der Waals surface area contributed by atoms with Crippen LogP contribution in [0.4, 0.5) is 0 Å². The van der Waals surface area contributed by atoms with Crippen LogP contribution in [0.1, 0.15) is 34.0 Å². The average Bonchev–Trinajstić information content (AvgIpc) is 2.70. The van der Waals surface area contributed by atoms with Crippen LogP contribution in [0.2, 0.25) is 0 Å². The minimum Gasteiger partial charge on any atom is -0.390 e. The second-order valence-corrected chi connectivity index (χ2v) is 4.47. The van der Waals surface area contributed by atoms with Gasteiger partial charge in [0.1, 0.15) is 6.10 Å². The molecule has 0 saturated carbocycles. The van der Waals surface area contributed by atoms with Gasteiger partial charge in [0, 0.05) is 18.0 Å². The summed E-state index contributed by atoms with van der Waals surface area (Å²) >= 11 is 5.52. The van der Waals surface area contributed by atoms with E-state index >= 15 is 0 Å². The minimum atomic E-state index is -0.963. The van der Waals surface area contributed by atoms with E-state index in [0.29, 0.717) is 30.0 Å². The highest BCUT2D eigenvalue weighted by atomic mass is 35.5. The molecule has 1 heterocycles. The number of nitrogens with one attached hydrogen (secondary N) is 1. The molecule has 1 aromatic carbocycles. The fourth-order valence-electron chi connectivity index (χ4n) is 1.93. The van der Waals surface area contributed by atoms with E-state index in [2.05, 4.69) is 5.32 Å². The molecule has 0 aromatic heterocycles. The van der Waals surface area contributed by atoms with Crippen LogP contribution in [0, 0.1) is 0 Å². The number of carbonyl (C=O) groups is 1. The van der Waals surface area contributed by atoms with Gasteiger partial charge >= 0.3 is 0 Å². The summed E-state index contributed by atoms with van der Waals surface area (Å²) in [6, 6.07) is 5.07. The van der Waals surface area contributed by atoms with Crippen LogP contribution in [0.5, 0.6) is 0 Å². The molecule has 92 valence electrons. The third kappa shape index (κ3) is 2.44. The van der Waals surface area contributed by atoms with Gasteiger partial charge in [-0.25, -0.2) is 0 Å². The van der Waals surface area contributed by atoms with E-state index < -0.39 is 12.2 Å². The lowest BCUT2D eigenvalue weighted by atomic mass is 9.98. The number of benzene rings is 1. The number of fused-ring (bicyclic) bond motifs is 1. The van der Waals surface area contributed by atoms with Crippen molar-refractivity contribution in [3.8, 4) is 0 Å². The molecular formula is C12H14ClNO3. The van der Waals surface area contributed by atoms with E-state index in [1.165, 1.54) is 0 Å². The zero-order valence-electron chi connectivity index (χ0n) is 9.19. The van der Waals surface area contributed by atoms with Crippen molar-refractivity contribution in [2.75, 3.05) is 5.88 Å². The van der Waals surface area contributed by atoms with Gasteiger partial charge in [-0.2, -0.15) is 0 Å². The van der Waals surface area contributed by atoms with Crippen molar-refractivity contribution in [3.63, 3.8) is 0 Å². The number of aliphatic hydroxyl groups is 2. The molecule has 1 aliphatic heterocycles. The molecular weight excluding hydrogens is 242 g/mol. The highest BCUT2D eigenvalue weighted by Crippen LogP contribution is 2.24. The van der Waals surface area contributed by atoms with Gasteiger partial charge in [-0.05, 0) is 23.6 Å². The quantitative estimate of drug-likeness (QED) is 0.702. The highest BCUT2D eigenvalue weighted by Gasteiger charge is 2.23. The molecule has 1 aliphatic rings. The first-order valence-corrected chi connectivity index (χ1v) is 6.00. The summed E-state index contributed by atoms with van der Waals surface area (Å²) in [5, 5.41) is 22.3. The molecule has 0 spiro atoms. The van der Waals surface area contributed by atoms with E-state index in [0.717, 1.165) is 5.56 Å². The first-order valence-electron chi connectivity index (χ1n) is 5.46. The Kier molecular flexibility index (Phi) is 3.66. The number of hydrogen-bond donors (Lipinski definition) is 3. The van der Waals surface area contributed by atoms with Gasteiger partial charge in [0.25, 0.3) is 5.91 Å². The summed E-state index contributed by atoms with van der Waals surface area (Å²) in [5.41, 5.74) is 2.09. The highest BCUT2D eigenvalue weighted by molar-refractivity contribution is 6.17. The Morgan fingerprint density at radius 2 is 2.18 bits per heavy atom. The van der Waals surface area contributed by atoms with E-state index in [9.17, 15) is 15.0 Å². The Labute approximate surface area is 104 Å². The van der Waals surface area contributed by atoms with Gasteiger partial charge in [0.05, 0.1) is 6.10 Å². The zero-order chi connectivity index (χ0) is 12.4. The van der Waals surface area contributed by atoms with Crippen molar-refractivity contribution in [1.29, 1.82) is 0 Å². The number of amides is 1. The molecule has 0 radical (unpaired) electrons. The van der Waals surface area contributed by atoms with Gasteiger partial charge in [-0.15, -0.1) is 11.6 Å². The second-order valence-electron chi connectivity index (χ2n) is 4.09. The summed E-state index contributed by atoms with van der Waals surface area (Å²) in [6.07, 6.45) is -1.51. The molecule has 5 heteroatoms. The van der Waals surface area contributed by atoms with Crippen LogP contribution in [0.3, 0.4) is 0 Å². The lowest BCUT2D eigenvalue weighted by Gasteiger charge is -2.17. The molecule has 1 amide bonds. The van der Waals surface area contributed by atoms with Crippen molar-refractivity contribution in [3.05, 3.63) is 34.9 Å². The normalized spacial score (nSPS) is 17.5. The van der Waals surface area contributed by atoms with Crippen molar-refractivity contribution in [1.82, 2.24) is 5.32 Å². The largest absolute Gasteiger partial charge is 0.390 e. The van der Waals surface area contributed by atoms with Gasteiger partial charge in [-0.3, -0.25) is 4.79 Å². The summed E-state index contributed by atoms with van der Waals surface area (Å²) in [6.45, 7) is 0.473. The summed E-state index contributed by atoms with van der Waals surface area (Å²) in [4.78, 5) is 11.3. The number of halogens is 1. The van der Waals surface area contributed by atoms with Crippen molar-refractivity contribution < 1.29 is 15.0 Å². The third-order valence-electron chi connectivity index (χ3n) is 2.92. The number of carbonyl (C=O) groups excluding carboxylic acids is 1. The summed E-state index contributed by atoms with van der Waals surface area (Å²) in [7, 11) is 0. The standard InChI is InChI=1S/C12H14ClNO3/c13-4-3-10(15)11(16)7-1-2-9-8(5-7)6-14-12(9)17/h1-2,5,10-11,15-16H,3-4,6H2,(H,14,17). The van der Waals surface area contributed by atoms with E-state index in [1.54, 1.807) is 18.2 Å². The topological polar surface area (TPSA) is 69.6 Å². The molecule has 2 unspecified atom stereocenters. The first kappa shape index (κ1) is 12.4. The van der Waals surface area contributed by atoms with Gasteiger partial charge in [-0.1, -0.05) is 12.1 Å². The minimum absolute atomic E-state index is 0.0950. The maximum atomic E-state index is 11.3. The number of aliphatic hydroxyl groups excluding tert-OH is 2. The van der Waals surface area contributed by atoms with Crippen LogP contribution in [-0.4, -0.2) is 28.1 Å². The molecule has 0 fully saturated rings. The first-order chi connectivity index (χ1) is 8.13. The lowest BCUT2D eigenvalue weighted by Crippen LogP contribution is -2.18. The molecule has 0 saturated heterocycles. The van der Waals surface area contributed by atoms with Gasteiger partial charge < -0.3 is 15.5 Å². The Morgan fingerprint density at radius 1 is 1.41 bits per heavy atom. The van der Waals surface area contributed by atoms with Gasteiger partial charge in [0.2, 0.25) is 0 Å². The predicted octanol–water partition coefficient (Wildman–Crippen LogP) is 0.953. The Hall–Kier alpha value is -1.10. The van der Waals surface area contributed by atoms with Crippen molar-refractivity contribution in [2.24, 2.45) is 0 Å². The van der Waals surface area contributed by atoms with Crippen LogP contribution in [0.15, 0.2) is 18.2 Å². The fourth-order valence-corrected chi connectivity index (χ4v) is 2.15. The van der Waals surface area contributed by atoms with Crippen LogP contribution in [0.25, 0.3) is 0 Å². The van der Waals surface area contributed by atoms with Crippen molar-refractivity contribution in [2.45, 2.75) is 25.2 Å². The van der Waals surface area contributed by atoms with Crippen molar-refractivity contribution >= 4 is 17.5 Å². The second kappa shape index (κ2) is 5.04. The Morgan fingerprint density at radius 3 is 2.88 bits per heavy atom. The van der Waals surface area contributed by atoms with Crippen LogP contribution in [-0.2, 0) is 6.54 Å². The molecule has 17 heavy (non-hydrogen) atoms. The van der Waals surface area contributed by atoms with E-state index in [-0.39, 0.29) is 5.91 Å². The van der Waals surface area contributed by atoms with E-state index in [4.69, 9.17) is 11.6 Å². The maximum absolute atomic E-state index is 11.3. The third-order valence-corrected chi connectivity index (χ3v) is 3.14. The zero-order valence-corrected chi connectivity index (χ0v) is 9.94. The summed E-state index contributed by atoms with van der Waals surface area (Å²) in [5.74, 6) is 0.200. The molecule has 2 rings (SSSR count). The summed E-state index contributed by atoms with van der Waals surface area (Å²) < 4.78 is 0. The average molecular weight is 256 g/mol. The molecule has 2 atom stereocenters. The van der Waals surface area contributed by atoms with Crippen LogP contribution >= 0.6 is 11.6 Å². The number of rotatable bonds is 4. The van der Waals surface area contributed by atoms with Gasteiger partial charge in [0.15, 0.2) is 0 Å². The van der Waals surface area contributed by atoms with Crippen LogP contribution < -0.4 is 5.32 Å². The fraction of sp³-hybridized carbons (Fsp3) is 0.417. The number of alkyl halides is 1. The molecule has 0 bridgehead atoms. The smallest absolute Gasteiger partial charge is 0.251 e. The molecule has 1 aromatic rings. The SMILES string of the molecule is O=C1NCc2cc(C(O)C(O)CCCl)ccc21. The lowest BCUT2D eigenvalue weighted by molar-refractivity contribution is 0.0169. The number of hydrogen-bond acceptors (Lipinski definition) is 3. The Balaban J connectivity index is 2.20. The molecule has 4 nitrogen and oxygen atoms in total. The Bertz CT molecular complexity index is 436.